The molecule has 0 amide bonds. The summed E-state index contributed by atoms with van der Waals surface area (Å²) in [4.78, 5) is 12.0. The lowest BCUT2D eigenvalue weighted by molar-refractivity contribution is 0.0465. The molecule has 110 valence electrons. The van der Waals surface area contributed by atoms with Crippen LogP contribution in [0.5, 0.6) is 0 Å². The van der Waals surface area contributed by atoms with Crippen molar-refractivity contribution in [3.05, 3.63) is 83.9 Å². The predicted molar refractivity (Wildman–Crippen MR) is 79.1 cm³/mol. The first-order valence-corrected chi connectivity index (χ1v) is 6.75. The molecule has 0 aliphatic carbocycles. The molecule has 0 fully saturated rings. The second kappa shape index (κ2) is 6.22. The number of rotatable bonds is 4. The lowest BCUT2D eigenvalue weighted by Gasteiger charge is -2.03. The van der Waals surface area contributed by atoms with Crippen molar-refractivity contribution in [1.82, 2.24) is 9.78 Å². The lowest BCUT2D eigenvalue weighted by Crippen LogP contribution is -2.07. The van der Waals surface area contributed by atoms with E-state index >= 15 is 0 Å². The molecular formula is C17H13FN2O2. The van der Waals surface area contributed by atoms with E-state index in [1.54, 1.807) is 18.2 Å². The molecule has 3 aromatic rings. The third-order valence-electron chi connectivity index (χ3n) is 3.11. The highest BCUT2D eigenvalue weighted by Gasteiger charge is 2.13. The summed E-state index contributed by atoms with van der Waals surface area (Å²) in [7, 11) is 0. The van der Waals surface area contributed by atoms with Crippen LogP contribution in [-0.4, -0.2) is 15.7 Å². The van der Waals surface area contributed by atoms with Gasteiger partial charge in [0.2, 0.25) is 0 Å². The second-order valence-electron chi connectivity index (χ2n) is 4.66. The number of hydrogen-bond acceptors (Lipinski definition) is 3. The first kappa shape index (κ1) is 14.0. The summed E-state index contributed by atoms with van der Waals surface area (Å²) in [5.41, 5.74) is 1.31. The van der Waals surface area contributed by atoms with Crippen LogP contribution in [-0.2, 0) is 11.3 Å². The quantitative estimate of drug-likeness (QED) is 0.693. The maximum Gasteiger partial charge on any atom is 0.359 e. The van der Waals surface area contributed by atoms with E-state index in [0.717, 1.165) is 5.56 Å². The summed E-state index contributed by atoms with van der Waals surface area (Å²) >= 11 is 0. The molecule has 1 aromatic heterocycles. The van der Waals surface area contributed by atoms with Gasteiger partial charge in [-0.1, -0.05) is 42.5 Å². The highest BCUT2D eigenvalue weighted by atomic mass is 19.1. The predicted octanol–water partition coefficient (Wildman–Crippen LogP) is 3.37. The SMILES string of the molecule is O=C(OCc1ccccc1)c1ccn(-c2ccccc2F)n1. The fourth-order valence-electron chi connectivity index (χ4n) is 2.00. The van der Waals surface area contributed by atoms with E-state index in [2.05, 4.69) is 5.10 Å². The number of aromatic nitrogens is 2. The Morgan fingerprint density at radius 2 is 1.77 bits per heavy atom. The molecule has 0 unspecified atom stereocenters. The van der Waals surface area contributed by atoms with Crippen LogP contribution in [0.1, 0.15) is 16.1 Å². The number of esters is 1. The van der Waals surface area contributed by atoms with E-state index in [0.29, 0.717) is 0 Å². The number of ether oxygens (including phenoxy) is 1. The molecule has 0 bridgehead atoms. The fraction of sp³-hybridized carbons (Fsp3) is 0.0588. The Kier molecular flexibility index (Phi) is 3.96. The van der Waals surface area contributed by atoms with Gasteiger partial charge in [0.25, 0.3) is 0 Å². The minimum absolute atomic E-state index is 0.138. The summed E-state index contributed by atoms with van der Waals surface area (Å²) in [6.45, 7) is 0.173. The van der Waals surface area contributed by atoms with Crippen molar-refractivity contribution in [2.45, 2.75) is 6.61 Å². The Hall–Kier alpha value is -2.95. The van der Waals surface area contributed by atoms with Gasteiger partial charge < -0.3 is 4.74 Å². The molecule has 2 aromatic carbocycles. The molecule has 0 aliphatic rings. The van der Waals surface area contributed by atoms with E-state index in [4.69, 9.17) is 4.74 Å². The van der Waals surface area contributed by atoms with Crippen LogP contribution in [0.3, 0.4) is 0 Å². The van der Waals surface area contributed by atoms with E-state index in [-0.39, 0.29) is 18.0 Å². The average molecular weight is 296 g/mol. The first-order chi connectivity index (χ1) is 10.7. The van der Waals surface area contributed by atoms with Gasteiger partial charge in [0.05, 0.1) is 0 Å². The smallest absolute Gasteiger partial charge is 0.359 e. The largest absolute Gasteiger partial charge is 0.456 e. The van der Waals surface area contributed by atoms with Gasteiger partial charge in [-0.25, -0.2) is 13.9 Å². The minimum atomic E-state index is -0.543. The maximum atomic E-state index is 13.7. The number of carbonyl (C=O) groups is 1. The topological polar surface area (TPSA) is 44.1 Å². The summed E-state index contributed by atoms with van der Waals surface area (Å²) in [6.07, 6.45) is 1.53. The normalized spacial score (nSPS) is 10.4. The van der Waals surface area contributed by atoms with Crippen molar-refractivity contribution in [1.29, 1.82) is 0 Å². The maximum absolute atomic E-state index is 13.7. The van der Waals surface area contributed by atoms with Crippen molar-refractivity contribution < 1.29 is 13.9 Å². The van der Waals surface area contributed by atoms with Gasteiger partial charge in [-0.3, -0.25) is 0 Å². The number of carbonyl (C=O) groups excluding carboxylic acids is 1. The molecule has 0 saturated carbocycles. The number of para-hydroxylation sites is 1. The monoisotopic (exact) mass is 296 g/mol. The van der Waals surface area contributed by atoms with E-state index in [1.807, 2.05) is 30.3 Å². The van der Waals surface area contributed by atoms with Gasteiger partial charge in [-0.05, 0) is 23.8 Å². The Bertz CT molecular complexity index is 784. The van der Waals surface area contributed by atoms with Gasteiger partial charge in [0, 0.05) is 6.20 Å². The summed E-state index contributed by atoms with van der Waals surface area (Å²) < 4.78 is 20.2. The Balaban J connectivity index is 1.71. The molecule has 4 nitrogen and oxygen atoms in total. The number of nitrogens with zero attached hydrogens (tertiary/aromatic N) is 2. The average Bonchev–Trinajstić information content (AvgIpc) is 3.04. The fourth-order valence-corrected chi connectivity index (χ4v) is 2.00. The highest BCUT2D eigenvalue weighted by molar-refractivity contribution is 5.87. The van der Waals surface area contributed by atoms with Crippen LogP contribution >= 0.6 is 0 Å². The minimum Gasteiger partial charge on any atom is -0.456 e. The molecule has 3 rings (SSSR count). The molecule has 22 heavy (non-hydrogen) atoms. The van der Waals surface area contributed by atoms with Crippen LogP contribution in [0.25, 0.3) is 5.69 Å². The van der Waals surface area contributed by atoms with Crippen LogP contribution in [0.15, 0.2) is 66.9 Å². The lowest BCUT2D eigenvalue weighted by atomic mass is 10.2. The summed E-state index contributed by atoms with van der Waals surface area (Å²) in [6, 6.07) is 17.1. The van der Waals surface area contributed by atoms with Gasteiger partial charge in [-0.15, -0.1) is 0 Å². The van der Waals surface area contributed by atoms with Gasteiger partial charge in [0.15, 0.2) is 5.69 Å². The first-order valence-electron chi connectivity index (χ1n) is 6.75. The third kappa shape index (κ3) is 3.03. The molecule has 5 heteroatoms. The second-order valence-corrected chi connectivity index (χ2v) is 4.66. The highest BCUT2D eigenvalue weighted by Crippen LogP contribution is 2.13. The molecule has 0 N–H and O–H groups in total. The molecule has 0 saturated heterocycles. The molecule has 0 aliphatic heterocycles. The molecule has 0 atom stereocenters. The van der Waals surface area contributed by atoms with Crippen molar-refractivity contribution >= 4 is 5.97 Å². The zero-order valence-electron chi connectivity index (χ0n) is 11.6. The van der Waals surface area contributed by atoms with Crippen molar-refractivity contribution in [3.8, 4) is 5.69 Å². The molecular weight excluding hydrogens is 283 g/mol. The third-order valence-corrected chi connectivity index (χ3v) is 3.11. The number of hydrogen-bond donors (Lipinski definition) is 0. The van der Waals surface area contributed by atoms with Crippen molar-refractivity contribution in [2.75, 3.05) is 0 Å². The Morgan fingerprint density at radius 1 is 1.05 bits per heavy atom. The Morgan fingerprint density at radius 3 is 2.55 bits per heavy atom. The summed E-state index contributed by atoms with van der Waals surface area (Å²) in [5.74, 6) is -0.950. The van der Waals surface area contributed by atoms with E-state index < -0.39 is 11.8 Å². The standard InChI is InChI=1S/C17H13FN2O2/c18-14-8-4-5-9-16(14)20-11-10-15(19-20)17(21)22-12-13-6-2-1-3-7-13/h1-11H,12H2. The van der Waals surface area contributed by atoms with Gasteiger partial charge >= 0.3 is 5.97 Å². The summed E-state index contributed by atoms with van der Waals surface area (Å²) in [5, 5.41) is 4.06. The number of benzene rings is 2. The van der Waals surface area contributed by atoms with Crippen molar-refractivity contribution in [3.63, 3.8) is 0 Å². The van der Waals surface area contributed by atoms with E-state index in [9.17, 15) is 9.18 Å². The number of halogens is 1. The Labute approximate surface area is 126 Å². The molecule has 0 radical (unpaired) electrons. The van der Waals surface area contributed by atoms with Crippen LogP contribution < -0.4 is 0 Å². The zero-order valence-corrected chi connectivity index (χ0v) is 11.6. The van der Waals surface area contributed by atoms with Crippen LogP contribution in [0.2, 0.25) is 0 Å². The van der Waals surface area contributed by atoms with Gasteiger partial charge in [-0.2, -0.15) is 5.10 Å². The van der Waals surface area contributed by atoms with Crippen LogP contribution in [0, 0.1) is 5.82 Å². The van der Waals surface area contributed by atoms with Crippen molar-refractivity contribution in [2.24, 2.45) is 0 Å². The van der Waals surface area contributed by atoms with Gasteiger partial charge in [0.1, 0.15) is 18.1 Å². The zero-order chi connectivity index (χ0) is 15.4. The van der Waals surface area contributed by atoms with Crippen LogP contribution in [0.4, 0.5) is 4.39 Å². The molecule has 0 spiro atoms. The molecule has 1 heterocycles. The van der Waals surface area contributed by atoms with E-state index in [1.165, 1.54) is 23.0 Å².